The number of rotatable bonds is 3. The van der Waals surface area contributed by atoms with Gasteiger partial charge in [0.05, 0.1) is 11.8 Å². The molecule has 3 nitrogen and oxygen atoms in total. The average molecular weight is 152 g/mol. The highest BCUT2D eigenvalue weighted by atomic mass is 16.1. The van der Waals surface area contributed by atoms with Gasteiger partial charge in [-0.2, -0.15) is 5.10 Å². The first-order valence-electron chi connectivity index (χ1n) is 3.77. The summed E-state index contributed by atoms with van der Waals surface area (Å²) >= 11 is 0. The van der Waals surface area contributed by atoms with E-state index in [0.29, 0.717) is 11.6 Å². The first-order valence-corrected chi connectivity index (χ1v) is 3.77. The first kappa shape index (κ1) is 7.98. The van der Waals surface area contributed by atoms with Gasteiger partial charge >= 0.3 is 0 Å². The highest BCUT2D eigenvalue weighted by molar-refractivity contribution is 5.73. The number of aldehydes is 1. The molecule has 1 unspecified atom stereocenters. The molecule has 60 valence electrons. The molecule has 0 aromatic carbocycles. The molecule has 0 spiro atoms. The van der Waals surface area contributed by atoms with Gasteiger partial charge in [0.1, 0.15) is 0 Å². The largest absolute Gasteiger partial charge is 0.298 e. The molecular formula is C8H12N2O. The van der Waals surface area contributed by atoms with Crippen LogP contribution in [0.2, 0.25) is 0 Å². The van der Waals surface area contributed by atoms with Gasteiger partial charge in [-0.05, 0) is 13.3 Å². The second-order valence-corrected chi connectivity index (χ2v) is 2.63. The van der Waals surface area contributed by atoms with E-state index in [-0.39, 0.29) is 0 Å². The van der Waals surface area contributed by atoms with Crippen molar-refractivity contribution in [3.63, 3.8) is 0 Å². The summed E-state index contributed by atoms with van der Waals surface area (Å²) in [5.41, 5.74) is 0.644. The smallest absolute Gasteiger partial charge is 0.153 e. The maximum absolute atomic E-state index is 10.3. The Balaban J connectivity index is 2.79. The molecule has 1 aromatic rings. The Kier molecular flexibility index (Phi) is 2.41. The molecule has 11 heavy (non-hydrogen) atoms. The van der Waals surface area contributed by atoms with Gasteiger partial charge in [0.2, 0.25) is 0 Å². The molecule has 0 bridgehead atoms. The zero-order valence-corrected chi connectivity index (χ0v) is 6.82. The van der Waals surface area contributed by atoms with Gasteiger partial charge in [-0.1, -0.05) is 6.92 Å². The first-order chi connectivity index (χ1) is 5.27. The number of nitrogens with zero attached hydrogens (tertiary/aromatic N) is 2. The molecule has 1 rings (SSSR count). The third kappa shape index (κ3) is 1.67. The van der Waals surface area contributed by atoms with Crippen LogP contribution in [-0.2, 0) is 0 Å². The number of aromatic nitrogens is 2. The van der Waals surface area contributed by atoms with Crippen LogP contribution in [0.4, 0.5) is 0 Å². The van der Waals surface area contributed by atoms with Gasteiger partial charge in [-0.25, -0.2) is 0 Å². The molecule has 0 N–H and O–H groups in total. The van der Waals surface area contributed by atoms with E-state index in [2.05, 4.69) is 18.9 Å². The van der Waals surface area contributed by atoms with Gasteiger partial charge in [0.25, 0.3) is 0 Å². The summed E-state index contributed by atoms with van der Waals surface area (Å²) in [5, 5.41) is 4.04. The lowest BCUT2D eigenvalue weighted by molar-refractivity contribution is 0.112. The van der Waals surface area contributed by atoms with E-state index in [1.54, 1.807) is 12.4 Å². The predicted molar refractivity (Wildman–Crippen MR) is 42.6 cm³/mol. The SMILES string of the molecule is CCC(C)n1cc(C=O)cn1. The minimum absolute atomic E-state index is 0.378. The average Bonchev–Trinajstić information content (AvgIpc) is 2.50. The molecule has 0 fully saturated rings. The normalized spacial score (nSPS) is 12.9. The fourth-order valence-electron chi connectivity index (χ4n) is 0.842. The number of hydrogen-bond donors (Lipinski definition) is 0. The second-order valence-electron chi connectivity index (χ2n) is 2.63. The van der Waals surface area contributed by atoms with Crippen LogP contribution in [0.3, 0.4) is 0 Å². The van der Waals surface area contributed by atoms with E-state index >= 15 is 0 Å². The zero-order chi connectivity index (χ0) is 8.27. The molecular weight excluding hydrogens is 140 g/mol. The molecule has 0 aliphatic carbocycles. The number of carbonyl (C=O) groups excluding carboxylic acids is 1. The summed E-state index contributed by atoms with van der Waals surface area (Å²) in [6.45, 7) is 4.16. The maximum atomic E-state index is 10.3. The summed E-state index contributed by atoms with van der Waals surface area (Å²) in [5.74, 6) is 0. The van der Waals surface area contributed by atoms with Crippen LogP contribution in [0.15, 0.2) is 12.4 Å². The molecule has 1 aromatic heterocycles. The van der Waals surface area contributed by atoms with E-state index in [1.165, 1.54) is 0 Å². The van der Waals surface area contributed by atoms with Gasteiger partial charge in [0, 0.05) is 12.2 Å². The highest BCUT2D eigenvalue weighted by Gasteiger charge is 2.02. The molecule has 1 heterocycles. The van der Waals surface area contributed by atoms with E-state index in [4.69, 9.17) is 0 Å². The van der Waals surface area contributed by atoms with Crippen LogP contribution in [0.1, 0.15) is 36.7 Å². The van der Waals surface area contributed by atoms with Crippen molar-refractivity contribution in [1.29, 1.82) is 0 Å². The van der Waals surface area contributed by atoms with Crippen molar-refractivity contribution in [3.05, 3.63) is 18.0 Å². The lowest BCUT2D eigenvalue weighted by atomic mass is 10.3. The standard InChI is InChI=1S/C8H12N2O/c1-3-7(2)10-5-8(6-11)4-9-10/h4-7H,3H2,1-2H3. The minimum atomic E-state index is 0.378. The second kappa shape index (κ2) is 3.32. The van der Waals surface area contributed by atoms with Crippen LogP contribution in [0.5, 0.6) is 0 Å². The highest BCUT2D eigenvalue weighted by Crippen LogP contribution is 2.08. The summed E-state index contributed by atoms with van der Waals surface area (Å²) in [6.07, 6.45) is 5.19. The third-order valence-corrected chi connectivity index (χ3v) is 1.80. The van der Waals surface area contributed by atoms with Crippen molar-refractivity contribution in [2.24, 2.45) is 0 Å². The van der Waals surface area contributed by atoms with Crippen LogP contribution in [0.25, 0.3) is 0 Å². The quantitative estimate of drug-likeness (QED) is 0.617. The van der Waals surface area contributed by atoms with Crippen molar-refractivity contribution in [2.75, 3.05) is 0 Å². The van der Waals surface area contributed by atoms with E-state index in [1.807, 2.05) is 4.68 Å². The lowest BCUT2D eigenvalue weighted by Crippen LogP contribution is -2.03. The van der Waals surface area contributed by atoms with E-state index in [0.717, 1.165) is 12.7 Å². The Hall–Kier alpha value is -1.12. The summed E-state index contributed by atoms with van der Waals surface area (Å²) in [6, 6.07) is 0.378. The van der Waals surface area contributed by atoms with Gasteiger partial charge in [-0.15, -0.1) is 0 Å². The van der Waals surface area contributed by atoms with Crippen molar-refractivity contribution in [2.45, 2.75) is 26.3 Å². The number of carbonyl (C=O) groups is 1. The monoisotopic (exact) mass is 152 g/mol. The predicted octanol–water partition coefficient (Wildman–Crippen LogP) is 1.67. The van der Waals surface area contributed by atoms with Crippen molar-refractivity contribution < 1.29 is 4.79 Å². The third-order valence-electron chi connectivity index (χ3n) is 1.80. The Bertz CT molecular complexity index is 242. The molecule has 3 heteroatoms. The maximum Gasteiger partial charge on any atom is 0.153 e. The molecule has 0 saturated carbocycles. The van der Waals surface area contributed by atoms with E-state index < -0.39 is 0 Å². The van der Waals surface area contributed by atoms with Crippen LogP contribution < -0.4 is 0 Å². The zero-order valence-electron chi connectivity index (χ0n) is 6.82. The molecule has 0 amide bonds. The Morgan fingerprint density at radius 1 is 1.82 bits per heavy atom. The fraction of sp³-hybridized carbons (Fsp3) is 0.500. The van der Waals surface area contributed by atoms with Crippen molar-refractivity contribution in [1.82, 2.24) is 9.78 Å². The Morgan fingerprint density at radius 2 is 2.55 bits per heavy atom. The Morgan fingerprint density at radius 3 is 3.00 bits per heavy atom. The summed E-state index contributed by atoms with van der Waals surface area (Å²) in [4.78, 5) is 10.3. The fourth-order valence-corrected chi connectivity index (χ4v) is 0.842. The van der Waals surface area contributed by atoms with Gasteiger partial charge in [-0.3, -0.25) is 9.48 Å². The minimum Gasteiger partial charge on any atom is -0.298 e. The molecule has 1 atom stereocenters. The van der Waals surface area contributed by atoms with Gasteiger partial charge in [0.15, 0.2) is 6.29 Å². The van der Waals surface area contributed by atoms with Crippen molar-refractivity contribution in [3.8, 4) is 0 Å². The molecule has 0 saturated heterocycles. The topological polar surface area (TPSA) is 34.9 Å². The molecule has 0 aliphatic rings. The summed E-state index contributed by atoms with van der Waals surface area (Å²) < 4.78 is 1.81. The van der Waals surface area contributed by atoms with Crippen LogP contribution >= 0.6 is 0 Å². The lowest BCUT2D eigenvalue weighted by Gasteiger charge is -2.07. The van der Waals surface area contributed by atoms with Crippen LogP contribution in [-0.4, -0.2) is 16.1 Å². The Labute approximate surface area is 66.0 Å². The number of hydrogen-bond acceptors (Lipinski definition) is 2. The summed E-state index contributed by atoms with van der Waals surface area (Å²) in [7, 11) is 0. The van der Waals surface area contributed by atoms with Gasteiger partial charge < -0.3 is 0 Å². The molecule has 0 aliphatic heterocycles. The van der Waals surface area contributed by atoms with E-state index in [9.17, 15) is 4.79 Å². The molecule has 0 radical (unpaired) electrons. The van der Waals surface area contributed by atoms with Crippen LogP contribution in [0, 0.1) is 0 Å². The van der Waals surface area contributed by atoms with Crippen molar-refractivity contribution >= 4 is 6.29 Å².